The van der Waals surface area contributed by atoms with E-state index < -0.39 is 0 Å². The van der Waals surface area contributed by atoms with Crippen molar-refractivity contribution in [2.75, 3.05) is 33.7 Å². The van der Waals surface area contributed by atoms with Crippen LogP contribution in [0.4, 0.5) is 56.9 Å². The molecule has 0 bridgehead atoms. The van der Waals surface area contributed by atoms with E-state index in [1.165, 1.54) is 98.9 Å². The van der Waals surface area contributed by atoms with Gasteiger partial charge in [-0.05, 0) is 139 Å². The summed E-state index contributed by atoms with van der Waals surface area (Å²) in [5, 5.41) is 12.4. The fourth-order valence-electron chi connectivity index (χ4n) is 11.2. The fourth-order valence-corrected chi connectivity index (χ4v) is 11.2. The van der Waals surface area contributed by atoms with Crippen LogP contribution in [0.1, 0.15) is 0 Å². The molecule has 0 spiro atoms. The van der Waals surface area contributed by atoms with E-state index in [1.54, 1.807) is 0 Å². The molecule has 12 aromatic rings. The summed E-state index contributed by atoms with van der Waals surface area (Å²) in [7, 11) is 4.46. The van der Waals surface area contributed by atoms with Gasteiger partial charge in [-0.25, -0.2) is 0 Å². The van der Waals surface area contributed by atoms with E-state index in [9.17, 15) is 0 Å². The van der Waals surface area contributed by atoms with Crippen molar-refractivity contribution in [3.8, 4) is 22.3 Å². The van der Waals surface area contributed by atoms with E-state index in [4.69, 9.17) is 0 Å². The molecule has 0 saturated carbocycles. The van der Waals surface area contributed by atoms with Gasteiger partial charge in [0.1, 0.15) is 0 Å². The first-order valence-electron chi connectivity index (χ1n) is 23.4. The summed E-state index contributed by atoms with van der Waals surface area (Å²) >= 11 is 0. The molecular weight excluding hydrogens is 825 g/mol. The molecule has 0 radical (unpaired) electrons. The van der Waals surface area contributed by atoms with Crippen LogP contribution in [-0.4, -0.2) is 14.1 Å². The number of benzene rings is 12. The number of hydrogen-bond acceptors (Lipinski definition) is 4. The van der Waals surface area contributed by atoms with Gasteiger partial charge >= 0.3 is 0 Å². The summed E-state index contributed by atoms with van der Waals surface area (Å²) in [5.41, 5.74) is 16.5. The van der Waals surface area contributed by atoms with Crippen LogP contribution in [0.15, 0.2) is 231 Å². The lowest BCUT2D eigenvalue weighted by atomic mass is 9.84. The van der Waals surface area contributed by atoms with Gasteiger partial charge in [0.25, 0.3) is 0 Å². The molecule has 0 amide bonds. The normalized spacial score (nSPS) is 12.5. The predicted molar refractivity (Wildman–Crippen MR) is 290 cm³/mol. The average molecular weight is 869 g/mol. The maximum Gasteiger partial charge on any atom is 0.0509 e. The van der Waals surface area contributed by atoms with Crippen molar-refractivity contribution in [2.24, 2.45) is 0 Å². The Morgan fingerprint density at radius 1 is 0.235 bits per heavy atom. The predicted octanol–water partition coefficient (Wildman–Crippen LogP) is 17.9. The third-order valence-corrected chi connectivity index (χ3v) is 14.6. The van der Waals surface area contributed by atoms with Crippen molar-refractivity contribution in [2.45, 2.75) is 0 Å². The number of hydrogen-bond donors (Lipinski definition) is 0. The van der Waals surface area contributed by atoms with Crippen LogP contribution < -0.4 is 19.6 Å². The van der Waals surface area contributed by atoms with Gasteiger partial charge in [0.15, 0.2) is 0 Å². The SMILES string of the molecule is CN1c2cc(N(c3ccc4ccccc4c3)c3ccc4ccccc4c3)ccc2-c2ccc3c4c(ccc1c24)N(C)c1cc(N(c2ccc4ccccc4c2)c2ccc4ccccc4c2)ccc1-3. The number of rotatable bonds is 6. The first-order chi connectivity index (χ1) is 33.5. The molecule has 0 atom stereocenters. The molecule has 2 aliphatic rings. The standard InChI is InChI=1S/C64H44N4/c1-65-59-33-34-60-64-58(56-30-28-54(40-62(56)66(60)2)68(51-25-21-43-13-5-9-17-47(43)37-51)52-26-22-44-14-6-10-18-48(44)38-52)32-31-57(63(59)64)55-29-27-53(39-61(55)65)67(49-23-19-41-11-3-7-15-45(41)35-49)50-24-20-42-12-4-8-16-46(42)36-50/h3-40H,1-2H3. The van der Waals surface area contributed by atoms with E-state index in [0.717, 1.165) is 34.1 Å². The Balaban J connectivity index is 0.896. The summed E-state index contributed by atoms with van der Waals surface area (Å²) in [5.74, 6) is 0. The van der Waals surface area contributed by atoms with Crippen molar-refractivity contribution in [1.29, 1.82) is 0 Å². The number of nitrogens with zero attached hydrogens (tertiary/aromatic N) is 4. The lowest BCUT2D eigenvalue weighted by molar-refractivity contribution is 1.18. The van der Waals surface area contributed by atoms with E-state index in [2.05, 4.69) is 264 Å². The molecule has 2 heterocycles. The molecule has 0 aromatic heterocycles. The summed E-state index contributed by atoms with van der Waals surface area (Å²) in [6.45, 7) is 0. The molecule has 0 saturated heterocycles. The summed E-state index contributed by atoms with van der Waals surface area (Å²) in [4.78, 5) is 9.61. The number of fused-ring (bicyclic) bond motifs is 8. The molecule has 320 valence electrons. The average Bonchev–Trinajstić information content (AvgIpc) is 3.39. The van der Waals surface area contributed by atoms with Gasteiger partial charge < -0.3 is 19.6 Å². The molecule has 0 fully saturated rings. The zero-order chi connectivity index (χ0) is 45.0. The Morgan fingerprint density at radius 3 is 0.824 bits per heavy atom. The minimum Gasteiger partial charge on any atom is -0.344 e. The van der Waals surface area contributed by atoms with E-state index >= 15 is 0 Å². The third kappa shape index (κ3) is 5.87. The maximum atomic E-state index is 2.41. The summed E-state index contributed by atoms with van der Waals surface area (Å²) in [6, 6.07) is 85.1. The monoisotopic (exact) mass is 868 g/mol. The molecule has 12 aromatic carbocycles. The van der Waals surface area contributed by atoms with Crippen LogP contribution in [0.5, 0.6) is 0 Å². The Hall–Kier alpha value is -8.86. The van der Waals surface area contributed by atoms with Gasteiger partial charge in [0, 0.05) is 81.5 Å². The Labute approximate surface area is 395 Å². The molecule has 68 heavy (non-hydrogen) atoms. The second kappa shape index (κ2) is 14.8. The Morgan fingerprint density at radius 2 is 0.500 bits per heavy atom. The van der Waals surface area contributed by atoms with Gasteiger partial charge in [0.2, 0.25) is 0 Å². The molecule has 4 nitrogen and oxygen atoms in total. The molecule has 0 unspecified atom stereocenters. The van der Waals surface area contributed by atoms with Crippen LogP contribution in [0.25, 0.3) is 76.1 Å². The highest BCUT2D eigenvalue weighted by Gasteiger charge is 2.31. The van der Waals surface area contributed by atoms with Crippen molar-refractivity contribution in [3.05, 3.63) is 231 Å². The zero-order valence-electron chi connectivity index (χ0n) is 37.7. The molecule has 0 N–H and O–H groups in total. The largest absolute Gasteiger partial charge is 0.344 e. The first-order valence-corrected chi connectivity index (χ1v) is 23.4. The highest BCUT2D eigenvalue weighted by molar-refractivity contribution is 6.23. The quantitative estimate of drug-likeness (QED) is 0.165. The Bertz CT molecular complexity index is 3640. The van der Waals surface area contributed by atoms with Crippen LogP contribution in [0.2, 0.25) is 0 Å². The van der Waals surface area contributed by atoms with Gasteiger partial charge in [-0.15, -0.1) is 0 Å². The van der Waals surface area contributed by atoms with Crippen molar-refractivity contribution >= 4 is 111 Å². The van der Waals surface area contributed by atoms with E-state index in [-0.39, 0.29) is 0 Å². The fraction of sp³-hybridized carbons (Fsp3) is 0.0312. The molecule has 4 heteroatoms. The molecular formula is C64H44N4. The lowest BCUT2D eigenvalue weighted by Gasteiger charge is -2.37. The Kier molecular flexibility index (Phi) is 8.38. The van der Waals surface area contributed by atoms with E-state index in [0.29, 0.717) is 0 Å². The van der Waals surface area contributed by atoms with Gasteiger partial charge in [-0.1, -0.05) is 146 Å². The summed E-state index contributed by atoms with van der Waals surface area (Å²) < 4.78 is 0. The van der Waals surface area contributed by atoms with Crippen molar-refractivity contribution < 1.29 is 0 Å². The van der Waals surface area contributed by atoms with Gasteiger partial charge in [-0.3, -0.25) is 0 Å². The van der Waals surface area contributed by atoms with Crippen LogP contribution >= 0.6 is 0 Å². The smallest absolute Gasteiger partial charge is 0.0509 e. The molecule has 2 aliphatic heterocycles. The summed E-state index contributed by atoms with van der Waals surface area (Å²) in [6.07, 6.45) is 0. The lowest BCUT2D eigenvalue weighted by Crippen LogP contribution is -2.20. The first kappa shape index (κ1) is 38.4. The minimum atomic E-state index is 1.11. The van der Waals surface area contributed by atoms with Crippen molar-refractivity contribution in [3.63, 3.8) is 0 Å². The van der Waals surface area contributed by atoms with Gasteiger partial charge in [0.05, 0.1) is 11.4 Å². The van der Waals surface area contributed by atoms with Crippen LogP contribution in [-0.2, 0) is 0 Å². The second-order valence-corrected chi connectivity index (χ2v) is 18.3. The van der Waals surface area contributed by atoms with Crippen LogP contribution in [0, 0.1) is 0 Å². The minimum absolute atomic E-state index is 1.11. The highest BCUT2D eigenvalue weighted by Crippen LogP contribution is 2.57. The van der Waals surface area contributed by atoms with Gasteiger partial charge in [-0.2, -0.15) is 0 Å². The second-order valence-electron chi connectivity index (χ2n) is 18.3. The van der Waals surface area contributed by atoms with E-state index in [1.807, 2.05) is 0 Å². The zero-order valence-corrected chi connectivity index (χ0v) is 37.7. The topological polar surface area (TPSA) is 13.0 Å². The number of anilines is 10. The maximum absolute atomic E-state index is 2.41. The molecule has 14 rings (SSSR count). The molecule has 0 aliphatic carbocycles. The van der Waals surface area contributed by atoms with Crippen LogP contribution in [0.3, 0.4) is 0 Å². The van der Waals surface area contributed by atoms with Crippen molar-refractivity contribution in [1.82, 2.24) is 0 Å². The third-order valence-electron chi connectivity index (χ3n) is 14.6. The highest BCUT2D eigenvalue weighted by atomic mass is 15.2.